The summed E-state index contributed by atoms with van der Waals surface area (Å²) in [6.45, 7) is 7.07. The number of likely N-dealkylation sites (tertiary alicyclic amines) is 1. The minimum atomic E-state index is -0.460. The third-order valence-corrected chi connectivity index (χ3v) is 5.84. The summed E-state index contributed by atoms with van der Waals surface area (Å²) in [6, 6.07) is 5.78. The van der Waals surface area contributed by atoms with Crippen molar-refractivity contribution in [1.82, 2.24) is 9.80 Å². The number of carbonyl (C=O) groups is 2. The fraction of sp³-hybridized carbons (Fsp3) is 0.583. The summed E-state index contributed by atoms with van der Waals surface area (Å²) in [5, 5.41) is 3.46. The molecule has 0 radical (unpaired) electrons. The number of benzene rings is 1. The second-order valence-electron chi connectivity index (χ2n) is 8.22. The van der Waals surface area contributed by atoms with Gasteiger partial charge in [0.1, 0.15) is 0 Å². The molecule has 2 amide bonds. The number of piperidine rings is 1. The molecule has 2 aliphatic heterocycles. The molecule has 168 valence electrons. The predicted octanol–water partition coefficient (Wildman–Crippen LogP) is 2.06. The number of carbonyl (C=O) groups excluding carboxylic acids is 2. The molecule has 0 spiro atoms. The lowest BCUT2D eigenvalue weighted by Crippen LogP contribution is -2.48. The van der Waals surface area contributed by atoms with Crippen LogP contribution in [0.2, 0.25) is 0 Å². The third kappa shape index (κ3) is 6.98. The molecular weight excluding hydrogens is 392 g/mol. The van der Waals surface area contributed by atoms with E-state index < -0.39 is 5.91 Å². The van der Waals surface area contributed by atoms with Crippen molar-refractivity contribution in [2.24, 2.45) is 5.73 Å². The Kier molecular flexibility index (Phi) is 8.74. The number of nitrogens with zero attached hydrogens (tertiary/aromatic N) is 2. The number of primary amides is 1. The van der Waals surface area contributed by atoms with Crippen LogP contribution >= 0.6 is 0 Å². The minimum Gasteiger partial charge on any atom is -0.382 e. The van der Waals surface area contributed by atoms with Crippen molar-refractivity contribution in [2.75, 3.05) is 51.3 Å². The maximum Gasteiger partial charge on any atom is 0.250 e. The van der Waals surface area contributed by atoms with Crippen LogP contribution in [0.1, 0.15) is 54.9 Å². The van der Waals surface area contributed by atoms with E-state index in [9.17, 15) is 9.59 Å². The topological polar surface area (TPSA) is 87.9 Å². The Balaban J connectivity index is 1.53. The summed E-state index contributed by atoms with van der Waals surface area (Å²) in [4.78, 5) is 28.7. The first-order valence-corrected chi connectivity index (χ1v) is 11.3. The van der Waals surface area contributed by atoms with Gasteiger partial charge in [-0.3, -0.25) is 14.5 Å². The maximum absolute atomic E-state index is 12.6. The van der Waals surface area contributed by atoms with Gasteiger partial charge < -0.3 is 20.7 Å². The predicted molar refractivity (Wildman–Crippen MR) is 122 cm³/mol. The molecule has 0 unspecified atom stereocenters. The number of hydrogen-bond donors (Lipinski definition) is 2. The van der Waals surface area contributed by atoms with Gasteiger partial charge in [0.2, 0.25) is 5.91 Å². The number of nitrogens with one attached hydrogen (secondary N) is 1. The van der Waals surface area contributed by atoms with E-state index in [0.29, 0.717) is 38.4 Å². The van der Waals surface area contributed by atoms with Crippen molar-refractivity contribution < 1.29 is 14.3 Å². The fourth-order valence-corrected chi connectivity index (χ4v) is 3.93. The van der Waals surface area contributed by atoms with Gasteiger partial charge in [-0.2, -0.15) is 0 Å². The maximum atomic E-state index is 12.6. The van der Waals surface area contributed by atoms with Crippen molar-refractivity contribution in [3.05, 3.63) is 29.3 Å². The highest BCUT2D eigenvalue weighted by Crippen LogP contribution is 2.22. The van der Waals surface area contributed by atoms with E-state index in [4.69, 9.17) is 10.5 Å². The molecule has 2 aliphatic rings. The molecule has 0 bridgehead atoms. The van der Waals surface area contributed by atoms with Crippen LogP contribution in [0.3, 0.4) is 0 Å². The number of unbranched alkanes of at least 4 members (excludes halogenated alkanes) is 2. The number of anilines is 1. The molecule has 31 heavy (non-hydrogen) atoms. The lowest BCUT2D eigenvalue weighted by atomic mass is 10.0. The quantitative estimate of drug-likeness (QED) is 0.515. The molecule has 3 N–H and O–H groups in total. The van der Waals surface area contributed by atoms with Gasteiger partial charge in [0.15, 0.2) is 0 Å². The van der Waals surface area contributed by atoms with Crippen molar-refractivity contribution in [1.29, 1.82) is 0 Å². The number of morpholine rings is 1. The Hall–Kier alpha value is -2.56. The lowest BCUT2D eigenvalue weighted by molar-refractivity contribution is -0.134. The molecule has 1 aromatic carbocycles. The molecule has 2 saturated heterocycles. The van der Waals surface area contributed by atoms with Crippen molar-refractivity contribution in [2.45, 2.75) is 45.1 Å². The smallest absolute Gasteiger partial charge is 0.250 e. The normalized spacial score (nSPS) is 17.6. The number of hydrogen-bond acceptors (Lipinski definition) is 5. The average molecular weight is 427 g/mol. The SMILES string of the molecule is CCCCC#Cc1ccc(NC2CCN(C(=O)CN3CCOCC3)CC2)c(C(N)=O)c1. The summed E-state index contributed by atoms with van der Waals surface area (Å²) in [5.41, 5.74) is 7.63. The number of nitrogens with two attached hydrogens (primary N) is 1. The molecule has 0 aromatic heterocycles. The number of rotatable bonds is 7. The molecular formula is C24H34N4O3. The van der Waals surface area contributed by atoms with Crippen molar-refractivity contribution in [3.63, 3.8) is 0 Å². The van der Waals surface area contributed by atoms with Gasteiger partial charge in [0.05, 0.1) is 25.3 Å². The molecule has 0 atom stereocenters. The molecule has 0 aliphatic carbocycles. The van der Waals surface area contributed by atoms with E-state index in [-0.39, 0.29) is 11.9 Å². The van der Waals surface area contributed by atoms with Gasteiger partial charge in [0.25, 0.3) is 5.91 Å². The Morgan fingerprint density at radius 2 is 1.94 bits per heavy atom. The summed E-state index contributed by atoms with van der Waals surface area (Å²) in [7, 11) is 0. The Labute approximate surface area is 185 Å². The first-order chi connectivity index (χ1) is 15.1. The van der Waals surface area contributed by atoms with Gasteiger partial charge in [-0.05, 0) is 37.5 Å². The van der Waals surface area contributed by atoms with Gasteiger partial charge in [-0.15, -0.1) is 0 Å². The zero-order valence-corrected chi connectivity index (χ0v) is 18.5. The highest BCUT2D eigenvalue weighted by molar-refractivity contribution is 5.99. The Morgan fingerprint density at radius 3 is 2.61 bits per heavy atom. The summed E-state index contributed by atoms with van der Waals surface area (Å²) in [6.07, 6.45) is 4.72. The summed E-state index contributed by atoms with van der Waals surface area (Å²) in [5.74, 6) is 5.98. The monoisotopic (exact) mass is 426 g/mol. The molecule has 7 heteroatoms. The first-order valence-electron chi connectivity index (χ1n) is 11.3. The van der Waals surface area contributed by atoms with Crippen LogP contribution in [0.15, 0.2) is 18.2 Å². The largest absolute Gasteiger partial charge is 0.382 e. The second kappa shape index (κ2) is 11.7. The van der Waals surface area contributed by atoms with E-state index in [1.807, 2.05) is 17.0 Å². The van der Waals surface area contributed by atoms with E-state index in [2.05, 4.69) is 29.0 Å². The third-order valence-electron chi connectivity index (χ3n) is 5.84. The molecule has 3 rings (SSSR count). The van der Waals surface area contributed by atoms with Crippen LogP contribution in [0.25, 0.3) is 0 Å². The van der Waals surface area contributed by atoms with Crippen LogP contribution in [0.4, 0.5) is 5.69 Å². The fourth-order valence-electron chi connectivity index (χ4n) is 3.93. The molecule has 2 heterocycles. The molecule has 2 fully saturated rings. The molecule has 1 aromatic rings. The average Bonchev–Trinajstić information content (AvgIpc) is 2.78. The Morgan fingerprint density at radius 1 is 1.19 bits per heavy atom. The van der Waals surface area contributed by atoms with Crippen LogP contribution in [-0.4, -0.2) is 73.6 Å². The standard InChI is InChI=1S/C24H34N4O3/c1-2-3-4-5-6-19-7-8-22(21(17-19)24(25)30)26-20-9-11-28(12-10-20)23(29)18-27-13-15-31-16-14-27/h7-8,17,20,26H,2-4,9-16,18H2,1H3,(H2,25,30). The van der Waals surface area contributed by atoms with E-state index in [1.165, 1.54) is 0 Å². The number of ether oxygens (including phenoxy) is 1. The first kappa shape index (κ1) is 23.1. The second-order valence-corrected chi connectivity index (χ2v) is 8.22. The zero-order chi connectivity index (χ0) is 22.1. The molecule has 0 saturated carbocycles. The van der Waals surface area contributed by atoms with Crippen molar-refractivity contribution in [3.8, 4) is 11.8 Å². The highest BCUT2D eigenvalue weighted by atomic mass is 16.5. The van der Waals surface area contributed by atoms with Gasteiger partial charge in [-0.25, -0.2) is 0 Å². The summed E-state index contributed by atoms with van der Waals surface area (Å²) < 4.78 is 5.35. The number of amides is 2. The van der Waals surface area contributed by atoms with Crippen LogP contribution in [-0.2, 0) is 9.53 Å². The van der Waals surface area contributed by atoms with Crippen molar-refractivity contribution >= 4 is 17.5 Å². The summed E-state index contributed by atoms with van der Waals surface area (Å²) >= 11 is 0. The Bertz CT molecular complexity index is 816. The zero-order valence-electron chi connectivity index (χ0n) is 18.5. The van der Waals surface area contributed by atoms with Crippen LogP contribution < -0.4 is 11.1 Å². The van der Waals surface area contributed by atoms with Crippen LogP contribution in [0.5, 0.6) is 0 Å². The molecule has 7 nitrogen and oxygen atoms in total. The van der Waals surface area contributed by atoms with E-state index in [1.54, 1.807) is 6.07 Å². The van der Waals surface area contributed by atoms with Gasteiger partial charge >= 0.3 is 0 Å². The minimum absolute atomic E-state index is 0.184. The van der Waals surface area contributed by atoms with E-state index >= 15 is 0 Å². The van der Waals surface area contributed by atoms with E-state index in [0.717, 1.165) is 56.4 Å². The van der Waals surface area contributed by atoms with Crippen LogP contribution in [0, 0.1) is 11.8 Å². The lowest BCUT2D eigenvalue weighted by Gasteiger charge is -2.35. The highest BCUT2D eigenvalue weighted by Gasteiger charge is 2.25. The van der Waals surface area contributed by atoms with Gasteiger partial charge in [0, 0.05) is 49.9 Å². The van der Waals surface area contributed by atoms with Gasteiger partial charge in [-0.1, -0.05) is 25.2 Å².